The highest BCUT2D eigenvalue weighted by Gasteiger charge is 2.18. The van der Waals surface area contributed by atoms with E-state index in [1.165, 1.54) is 4.57 Å². The van der Waals surface area contributed by atoms with E-state index in [0.717, 1.165) is 16.8 Å². The number of hydrogen-bond donors (Lipinski definition) is 0. The zero-order chi connectivity index (χ0) is 15.1. The molecule has 3 rings (SSSR count). The van der Waals surface area contributed by atoms with Crippen molar-refractivity contribution in [2.45, 2.75) is 20.4 Å². The smallest absolute Gasteiger partial charge is 0.372 e. The van der Waals surface area contributed by atoms with Crippen LogP contribution in [0.4, 0.5) is 0 Å². The number of rotatable bonds is 2. The van der Waals surface area contributed by atoms with E-state index in [1.54, 1.807) is 7.05 Å². The Morgan fingerprint density at radius 1 is 1.10 bits per heavy atom. The Kier molecular flexibility index (Phi) is 3.05. The van der Waals surface area contributed by atoms with Gasteiger partial charge in [0, 0.05) is 19.3 Å². The largest absolute Gasteiger partial charge is 0.423 e. The van der Waals surface area contributed by atoms with Gasteiger partial charge in [0.25, 0.3) is 0 Å². The van der Waals surface area contributed by atoms with Gasteiger partial charge in [-0.15, -0.1) is 0 Å². The molecule has 0 aliphatic rings. The molecule has 0 atom stereocenters. The lowest BCUT2D eigenvalue weighted by molar-refractivity contribution is 0.430. The van der Waals surface area contributed by atoms with E-state index in [2.05, 4.69) is 0 Å². The van der Waals surface area contributed by atoms with Crippen LogP contribution >= 0.6 is 0 Å². The molecule has 0 amide bonds. The minimum Gasteiger partial charge on any atom is -0.372 e. The summed E-state index contributed by atoms with van der Waals surface area (Å²) in [5.41, 5.74) is 2.96. The highest BCUT2D eigenvalue weighted by atomic mass is 16.4. The Labute approximate surface area is 121 Å². The number of aryl methyl sites for hydroxylation is 2. The predicted molar refractivity (Wildman–Crippen MR) is 80.7 cm³/mol. The lowest BCUT2D eigenvalue weighted by Gasteiger charge is -2.10. The van der Waals surface area contributed by atoms with Crippen LogP contribution in [0.5, 0.6) is 0 Å². The van der Waals surface area contributed by atoms with Crippen molar-refractivity contribution in [1.82, 2.24) is 9.13 Å². The Morgan fingerprint density at radius 3 is 2.43 bits per heavy atom. The standard InChI is InChI=1S/C16H16N2O3/c1-10-11(2)18(9-12-7-5-4-6-8-12)14-13(10)15(19)21-16(20)17(14)3/h4-8H,9H2,1-3H3. The summed E-state index contributed by atoms with van der Waals surface area (Å²) in [7, 11) is 1.62. The van der Waals surface area contributed by atoms with E-state index in [0.29, 0.717) is 17.6 Å². The molecular weight excluding hydrogens is 268 g/mol. The van der Waals surface area contributed by atoms with Crippen LogP contribution in [-0.4, -0.2) is 9.13 Å². The number of hydrogen-bond acceptors (Lipinski definition) is 3. The lowest BCUT2D eigenvalue weighted by Crippen LogP contribution is -2.24. The monoisotopic (exact) mass is 284 g/mol. The van der Waals surface area contributed by atoms with Crippen LogP contribution in [0.3, 0.4) is 0 Å². The molecular formula is C16H16N2O3. The first-order valence-electron chi connectivity index (χ1n) is 6.74. The maximum Gasteiger partial charge on any atom is 0.423 e. The maximum absolute atomic E-state index is 12.0. The molecule has 0 saturated carbocycles. The van der Waals surface area contributed by atoms with Gasteiger partial charge in [-0.25, -0.2) is 9.59 Å². The van der Waals surface area contributed by atoms with E-state index in [9.17, 15) is 9.59 Å². The normalized spacial score (nSPS) is 11.2. The SMILES string of the molecule is Cc1c(C)n(Cc2ccccc2)c2c1c(=O)oc(=O)n2C. The summed E-state index contributed by atoms with van der Waals surface area (Å²) in [6.45, 7) is 4.43. The summed E-state index contributed by atoms with van der Waals surface area (Å²) in [4.78, 5) is 23.8. The summed E-state index contributed by atoms with van der Waals surface area (Å²) in [5.74, 6) is -0.640. The van der Waals surface area contributed by atoms with Crippen molar-refractivity contribution in [3.8, 4) is 0 Å². The molecule has 0 aliphatic carbocycles. The molecule has 108 valence electrons. The summed E-state index contributed by atoms with van der Waals surface area (Å²) >= 11 is 0. The number of fused-ring (bicyclic) bond motifs is 1. The molecule has 0 N–H and O–H groups in total. The van der Waals surface area contributed by atoms with Gasteiger partial charge in [0.1, 0.15) is 11.0 Å². The van der Waals surface area contributed by atoms with Crippen LogP contribution in [0.15, 0.2) is 44.3 Å². The first kappa shape index (κ1) is 13.4. The van der Waals surface area contributed by atoms with Gasteiger partial charge in [0.15, 0.2) is 0 Å². The van der Waals surface area contributed by atoms with Crippen LogP contribution in [0.2, 0.25) is 0 Å². The zero-order valence-electron chi connectivity index (χ0n) is 12.2. The topological polar surface area (TPSA) is 57.1 Å². The molecule has 1 aromatic carbocycles. The molecule has 0 radical (unpaired) electrons. The number of aromatic nitrogens is 2. The van der Waals surface area contributed by atoms with E-state index in [-0.39, 0.29) is 0 Å². The number of nitrogens with zero attached hydrogens (tertiary/aromatic N) is 2. The third-order valence-corrected chi connectivity index (χ3v) is 3.96. The van der Waals surface area contributed by atoms with Gasteiger partial charge in [0.05, 0.1) is 0 Å². The van der Waals surface area contributed by atoms with Crippen molar-refractivity contribution < 1.29 is 4.42 Å². The van der Waals surface area contributed by atoms with Gasteiger partial charge in [-0.05, 0) is 25.0 Å². The summed E-state index contributed by atoms with van der Waals surface area (Å²) in [6, 6.07) is 9.93. The summed E-state index contributed by atoms with van der Waals surface area (Å²) in [6.07, 6.45) is 0. The van der Waals surface area contributed by atoms with Crippen molar-refractivity contribution in [3.05, 3.63) is 68.1 Å². The zero-order valence-corrected chi connectivity index (χ0v) is 12.2. The summed E-state index contributed by atoms with van der Waals surface area (Å²) < 4.78 is 8.13. The fourth-order valence-corrected chi connectivity index (χ4v) is 2.68. The number of benzene rings is 1. The minimum atomic E-state index is -0.640. The van der Waals surface area contributed by atoms with Crippen LogP contribution in [0, 0.1) is 13.8 Å². The second-order valence-electron chi connectivity index (χ2n) is 5.20. The molecule has 0 aliphatic heterocycles. The van der Waals surface area contributed by atoms with E-state index < -0.39 is 11.4 Å². The highest BCUT2D eigenvalue weighted by Crippen LogP contribution is 2.22. The van der Waals surface area contributed by atoms with E-state index >= 15 is 0 Å². The van der Waals surface area contributed by atoms with Crippen LogP contribution in [0.25, 0.3) is 11.0 Å². The van der Waals surface area contributed by atoms with Crippen molar-refractivity contribution in [3.63, 3.8) is 0 Å². The fourth-order valence-electron chi connectivity index (χ4n) is 2.68. The Morgan fingerprint density at radius 2 is 1.76 bits per heavy atom. The van der Waals surface area contributed by atoms with E-state index in [4.69, 9.17) is 4.42 Å². The molecule has 0 saturated heterocycles. The molecule has 0 bridgehead atoms. The summed E-state index contributed by atoms with van der Waals surface area (Å²) in [5, 5.41) is 0.477. The van der Waals surface area contributed by atoms with Crippen molar-refractivity contribution in [2.24, 2.45) is 7.05 Å². The average Bonchev–Trinajstić information content (AvgIpc) is 2.71. The van der Waals surface area contributed by atoms with Crippen LogP contribution in [-0.2, 0) is 13.6 Å². The molecule has 2 heterocycles. The van der Waals surface area contributed by atoms with E-state index in [1.807, 2.05) is 48.7 Å². The second kappa shape index (κ2) is 4.77. The Balaban J connectivity index is 2.35. The predicted octanol–water partition coefficient (Wildman–Crippen LogP) is 1.96. The first-order valence-corrected chi connectivity index (χ1v) is 6.74. The second-order valence-corrected chi connectivity index (χ2v) is 5.20. The van der Waals surface area contributed by atoms with Crippen LogP contribution in [0.1, 0.15) is 16.8 Å². The Hall–Kier alpha value is -2.56. The van der Waals surface area contributed by atoms with Gasteiger partial charge in [-0.3, -0.25) is 4.57 Å². The highest BCUT2D eigenvalue weighted by molar-refractivity contribution is 5.81. The third kappa shape index (κ3) is 2.01. The molecule has 0 spiro atoms. The van der Waals surface area contributed by atoms with Crippen LogP contribution < -0.4 is 11.4 Å². The van der Waals surface area contributed by atoms with Crippen molar-refractivity contribution in [1.29, 1.82) is 0 Å². The molecule has 0 unspecified atom stereocenters. The Bertz CT molecular complexity index is 930. The van der Waals surface area contributed by atoms with Gasteiger partial charge in [-0.1, -0.05) is 30.3 Å². The molecule has 3 aromatic rings. The molecule has 0 fully saturated rings. The third-order valence-electron chi connectivity index (χ3n) is 3.96. The van der Waals surface area contributed by atoms with Gasteiger partial charge >= 0.3 is 11.4 Å². The minimum absolute atomic E-state index is 0.477. The van der Waals surface area contributed by atoms with Gasteiger partial charge < -0.3 is 8.98 Å². The van der Waals surface area contributed by atoms with Crippen molar-refractivity contribution in [2.75, 3.05) is 0 Å². The molecule has 21 heavy (non-hydrogen) atoms. The lowest BCUT2D eigenvalue weighted by atomic mass is 10.2. The first-order chi connectivity index (χ1) is 10.0. The molecule has 5 heteroatoms. The fraction of sp³-hybridized carbons (Fsp3) is 0.250. The van der Waals surface area contributed by atoms with Crippen molar-refractivity contribution >= 4 is 11.0 Å². The maximum atomic E-state index is 12.0. The molecule has 2 aromatic heterocycles. The molecule has 5 nitrogen and oxygen atoms in total. The average molecular weight is 284 g/mol. The quantitative estimate of drug-likeness (QED) is 0.723. The van der Waals surface area contributed by atoms with Gasteiger partial charge in [-0.2, -0.15) is 0 Å². The van der Waals surface area contributed by atoms with Gasteiger partial charge in [0.2, 0.25) is 0 Å².